The molecule has 2 nitrogen and oxygen atoms in total. The number of rotatable bonds is 3. The van der Waals surface area contributed by atoms with Gasteiger partial charge in [0, 0.05) is 5.75 Å². The largest absolute Gasteiger partial charge is 0.333 e. The molecular formula is C13H16Cl2N2S. The van der Waals surface area contributed by atoms with E-state index >= 15 is 0 Å². The molecule has 0 amide bonds. The molecule has 0 aliphatic carbocycles. The molecule has 0 fully saturated rings. The maximum absolute atomic E-state index is 6.14. The molecule has 0 atom stereocenters. The van der Waals surface area contributed by atoms with Crippen molar-refractivity contribution in [2.75, 3.05) is 11.1 Å². The number of aliphatic imine (C=N–C) groups is 1. The number of para-hydroxylation sites is 1. The number of thioether (sulfide) groups is 1. The maximum atomic E-state index is 6.14. The molecule has 0 saturated heterocycles. The van der Waals surface area contributed by atoms with Crippen molar-refractivity contribution in [1.82, 2.24) is 0 Å². The van der Waals surface area contributed by atoms with Gasteiger partial charge in [-0.2, -0.15) is 0 Å². The Labute approximate surface area is 122 Å². The third-order valence-electron chi connectivity index (χ3n) is 3.33. The molecule has 1 aromatic carbocycles. The molecule has 0 saturated carbocycles. The Kier molecular flexibility index (Phi) is 4.46. The Bertz CT molecular complexity index is 450. The minimum atomic E-state index is 0.0702. The number of benzene rings is 1. The van der Waals surface area contributed by atoms with Gasteiger partial charge in [-0.05, 0) is 25.0 Å². The quantitative estimate of drug-likeness (QED) is 0.843. The predicted molar refractivity (Wildman–Crippen MR) is 83.3 cm³/mol. The minimum absolute atomic E-state index is 0.0702. The third kappa shape index (κ3) is 2.79. The van der Waals surface area contributed by atoms with E-state index in [2.05, 4.69) is 19.2 Å². The first-order valence-electron chi connectivity index (χ1n) is 6.04. The van der Waals surface area contributed by atoms with Crippen molar-refractivity contribution in [2.45, 2.75) is 32.2 Å². The smallest absolute Gasteiger partial charge is 0.161 e. The first kappa shape index (κ1) is 14.0. The Morgan fingerprint density at radius 2 is 1.89 bits per heavy atom. The van der Waals surface area contributed by atoms with E-state index in [1.807, 2.05) is 18.2 Å². The summed E-state index contributed by atoms with van der Waals surface area (Å²) in [5.74, 6) is 1.02. The highest BCUT2D eigenvalue weighted by Crippen LogP contribution is 2.36. The van der Waals surface area contributed by atoms with Gasteiger partial charge in [-0.15, -0.1) is 0 Å². The van der Waals surface area contributed by atoms with Crippen LogP contribution in [0, 0.1) is 0 Å². The molecule has 5 heteroatoms. The first-order chi connectivity index (χ1) is 8.60. The van der Waals surface area contributed by atoms with Crippen molar-refractivity contribution >= 4 is 45.8 Å². The lowest BCUT2D eigenvalue weighted by Crippen LogP contribution is -2.24. The predicted octanol–water partition coefficient (Wildman–Crippen LogP) is 5.07. The highest BCUT2D eigenvalue weighted by atomic mass is 35.5. The van der Waals surface area contributed by atoms with Crippen LogP contribution in [0.2, 0.25) is 10.0 Å². The molecule has 0 aromatic heterocycles. The number of hydrogen-bond acceptors (Lipinski definition) is 3. The van der Waals surface area contributed by atoms with Gasteiger partial charge in [0.15, 0.2) is 5.17 Å². The summed E-state index contributed by atoms with van der Waals surface area (Å²) in [7, 11) is 0. The number of halogens is 2. The summed E-state index contributed by atoms with van der Waals surface area (Å²) in [6.45, 7) is 4.36. The molecule has 1 aliphatic rings. The van der Waals surface area contributed by atoms with E-state index < -0.39 is 0 Å². The van der Waals surface area contributed by atoms with Crippen LogP contribution in [0.3, 0.4) is 0 Å². The van der Waals surface area contributed by atoms with Gasteiger partial charge in [0.25, 0.3) is 0 Å². The Hall–Kier alpha value is -0.380. The van der Waals surface area contributed by atoms with E-state index in [4.69, 9.17) is 28.2 Å². The first-order valence-corrected chi connectivity index (χ1v) is 7.78. The molecule has 0 radical (unpaired) electrons. The molecule has 0 spiro atoms. The van der Waals surface area contributed by atoms with Crippen LogP contribution in [-0.2, 0) is 0 Å². The van der Waals surface area contributed by atoms with Gasteiger partial charge >= 0.3 is 0 Å². The van der Waals surface area contributed by atoms with Crippen molar-refractivity contribution in [3.63, 3.8) is 0 Å². The maximum Gasteiger partial charge on any atom is 0.161 e. The number of hydrogen-bond donors (Lipinski definition) is 1. The normalized spacial score (nSPS) is 17.7. The SMILES string of the molecule is CCC1(CC)CSC(Nc2c(Cl)cccc2Cl)=N1. The average molecular weight is 303 g/mol. The highest BCUT2D eigenvalue weighted by molar-refractivity contribution is 8.14. The van der Waals surface area contributed by atoms with Gasteiger partial charge in [-0.1, -0.05) is 54.9 Å². The van der Waals surface area contributed by atoms with Crippen LogP contribution in [0.4, 0.5) is 5.69 Å². The van der Waals surface area contributed by atoms with Crippen molar-refractivity contribution < 1.29 is 0 Å². The summed E-state index contributed by atoms with van der Waals surface area (Å²) in [5, 5.41) is 5.40. The second kappa shape index (κ2) is 5.72. The van der Waals surface area contributed by atoms with Gasteiger partial charge in [0.1, 0.15) is 0 Å². The Morgan fingerprint density at radius 1 is 1.28 bits per heavy atom. The third-order valence-corrected chi connectivity index (χ3v) is 5.11. The monoisotopic (exact) mass is 302 g/mol. The van der Waals surface area contributed by atoms with E-state index in [1.165, 1.54) is 0 Å². The molecule has 2 rings (SSSR count). The fourth-order valence-corrected chi connectivity index (χ4v) is 3.69. The zero-order chi connectivity index (χ0) is 13.2. The number of amidine groups is 1. The molecule has 0 unspecified atom stereocenters. The minimum Gasteiger partial charge on any atom is -0.333 e. The van der Waals surface area contributed by atoms with E-state index in [1.54, 1.807) is 11.8 Å². The topological polar surface area (TPSA) is 24.4 Å². The summed E-state index contributed by atoms with van der Waals surface area (Å²) in [6, 6.07) is 5.48. The van der Waals surface area contributed by atoms with Crippen molar-refractivity contribution in [3.8, 4) is 0 Å². The van der Waals surface area contributed by atoms with Crippen molar-refractivity contribution in [1.29, 1.82) is 0 Å². The zero-order valence-corrected chi connectivity index (χ0v) is 12.8. The standard InChI is InChI=1S/C13H16Cl2N2S/c1-3-13(4-2)8-18-12(17-13)16-11-9(14)6-5-7-10(11)15/h5-7H,3-4,8H2,1-2H3,(H,16,17). The van der Waals surface area contributed by atoms with Gasteiger partial charge in [-0.25, -0.2) is 0 Å². The highest BCUT2D eigenvalue weighted by Gasteiger charge is 2.32. The second-order valence-electron chi connectivity index (χ2n) is 4.36. The van der Waals surface area contributed by atoms with Crippen LogP contribution < -0.4 is 5.32 Å². The van der Waals surface area contributed by atoms with Crippen molar-refractivity contribution in [2.24, 2.45) is 4.99 Å². The molecule has 1 N–H and O–H groups in total. The van der Waals surface area contributed by atoms with Gasteiger partial charge in [0.05, 0.1) is 21.3 Å². The van der Waals surface area contributed by atoms with Crippen molar-refractivity contribution in [3.05, 3.63) is 28.2 Å². The van der Waals surface area contributed by atoms with Gasteiger partial charge < -0.3 is 5.32 Å². The van der Waals surface area contributed by atoms with Gasteiger partial charge in [0.2, 0.25) is 0 Å². The number of anilines is 1. The van der Waals surface area contributed by atoms with E-state index in [0.717, 1.165) is 29.4 Å². The fourth-order valence-electron chi connectivity index (χ4n) is 1.88. The molecule has 18 heavy (non-hydrogen) atoms. The van der Waals surface area contributed by atoms with Crippen LogP contribution in [-0.4, -0.2) is 16.5 Å². The summed E-state index contributed by atoms with van der Waals surface area (Å²) in [4.78, 5) is 4.79. The number of nitrogens with one attached hydrogen (secondary N) is 1. The average Bonchev–Trinajstić information content (AvgIpc) is 2.78. The summed E-state index contributed by atoms with van der Waals surface area (Å²) < 4.78 is 0. The molecule has 98 valence electrons. The summed E-state index contributed by atoms with van der Waals surface area (Å²) >= 11 is 14.0. The van der Waals surface area contributed by atoms with Gasteiger partial charge in [-0.3, -0.25) is 4.99 Å². The Morgan fingerprint density at radius 3 is 2.39 bits per heavy atom. The van der Waals surface area contributed by atoms with Crippen LogP contribution in [0.25, 0.3) is 0 Å². The van der Waals surface area contributed by atoms with Crippen LogP contribution in [0.5, 0.6) is 0 Å². The molecule has 1 aliphatic heterocycles. The Balaban J connectivity index is 2.21. The van der Waals surface area contributed by atoms with Crippen LogP contribution >= 0.6 is 35.0 Å². The van der Waals surface area contributed by atoms with Crippen LogP contribution in [0.1, 0.15) is 26.7 Å². The van der Waals surface area contributed by atoms with E-state index in [9.17, 15) is 0 Å². The van der Waals surface area contributed by atoms with E-state index in [0.29, 0.717) is 10.0 Å². The lowest BCUT2D eigenvalue weighted by molar-refractivity contribution is 0.456. The fraction of sp³-hybridized carbons (Fsp3) is 0.462. The molecule has 1 aromatic rings. The summed E-state index contributed by atoms with van der Waals surface area (Å²) in [5.41, 5.74) is 0.816. The molecule has 1 heterocycles. The lowest BCUT2D eigenvalue weighted by atomic mass is 9.97. The molecular weight excluding hydrogens is 287 g/mol. The van der Waals surface area contributed by atoms with Crippen LogP contribution in [0.15, 0.2) is 23.2 Å². The summed E-state index contributed by atoms with van der Waals surface area (Å²) in [6.07, 6.45) is 2.11. The zero-order valence-electron chi connectivity index (χ0n) is 10.5. The molecule has 0 bridgehead atoms. The number of nitrogens with zero attached hydrogens (tertiary/aromatic N) is 1. The van der Waals surface area contributed by atoms with E-state index in [-0.39, 0.29) is 5.54 Å². The second-order valence-corrected chi connectivity index (χ2v) is 6.14. The lowest BCUT2D eigenvalue weighted by Gasteiger charge is -2.20.